The van der Waals surface area contributed by atoms with Gasteiger partial charge in [-0.3, -0.25) is 0 Å². The third-order valence-electron chi connectivity index (χ3n) is 10.1. The molecule has 0 aromatic heterocycles. The van der Waals surface area contributed by atoms with Crippen molar-refractivity contribution in [2.45, 2.75) is 238 Å². The van der Waals surface area contributed by atoms with Crippen LogP contribution in [0.4, 0.5) is 0 Å². The van der Waals surface area contributed by atoms with Crippen LogP contribution in [0.2, 0.25) is 0 Å². The van der Waals surface area contributed by atoms with Crippen molar-refractivity contribution in [3.05, 3.63) is 12.4 Å². The topological polar surface area (TPSA) is 6.48 Å². The van der Waals surface area contributed by atoms with Gasteiger partial charge < -0.3 is 9.80 Å². The molecule has 0 N–H and O–H groups in total. The van der Waals surface area contributed by atoms with E-state index in [1.807, 2.05) is 0 Å². The van der Waals surface area contributed by atoms with Crippen molar-refractivity contribution in [1.82, 2.24) is 9.80 Å². The van der Waals surface area contributed by atoms with Gasteiger partial charge in [0.1, 0.15) is 0 Å². The van der Waals surface area contributed by atoms with Gasteiger partial charge in [-0.1, -0.05) is 219 Å². The molecule has 0 amide bonds. The summed E-state index contributed by atoms with van der Waals surface area (Å²) >= 11 is 0. The first-order chi connectivity index (χ1) is 21.3. The monoisotopic (exact) mass is 603 g/mol. The molecule has 0 saturated heterocycles. The first-order valence-corrected chi connectivity index (χ1v) is 20.4. The number of unbranched alkanes of at least 4 members (excludes halogenated alkanes) is 30. The summed E-state index contributed by atoms with van der Waals surface area (Å²) in [6, 6.07) is 0.763. The van der Waals surface area contributed by atoms with Crippen molar-refractivity contribution < 1.29 is 0 Å². The Hall–Kier alpha value is -0.660. The van der Waals surface area contributed by atoms with Crippen LogP contribution in [0.25, 0.3) is 0 Å². The van der Waals surface area contributed by atoms with E-state index in [1.54, 1.807) is 0 Å². The van der Waals surface area contributed by atoms with E-state index < -0.39 is 0 Å². The van der Waals surface area contributed by atoms with E-state index in [4.69, 9.17) is 0 Å². The molecule has 43 heavy (non-hydrogen) atoms. The molecule has 2 heteroatoms. The van der Waals surface area contributed by atoms with E-state index in [1.165, 1.54) is 218 Å². The minimum atomic E-state index is 0.763. The molecule has 1 aliphatic rings. The summed E-state index contributed by atoms with van der Waals surface area (Å²) in [4.78, 5) is 4.98. The van der Waals surface area contributed by atoms with Crippen LogP contribution >= 0.6 is 0 Å². The van der Waals surface area contributed by atoms with Crippen LogP contribution in [-0.2, 0) is 0 Å². The fraction of sp³-hybridized carbons (Fsp3) is 0.951. The summed E-state index contributed by atoms with van der Waals surface area (Å²) < 4.78 is 0. The minimum Gasteiger partial charge on any atom is -0.362 e. The molecule has 2 nitrogen and oxygen atoms in total. The molecule has 0 aromatic carbocycles. The second-order valence-corrected chi connectivity index (χ2v) is 14.5. The van der Waals surface area contributed by atoms with Gasteiger partial charge in [-0.25, -0.2) is 0 Å². The van der Waals surface area contributed by atoms with Gasteiger partial charge in [-0.2, -0.15) is 0 Å². The largest absolute Gasteiger partial charge is 0.362 e. The Morgan fingerprint density at radius 2 is 0.628 bits per heavy atom. The lowest BCUT2D eigenvalue weighted by atomic mass is 9.98. The first-order valence-electron chi connectivity index (χ1n) is 20.4. The van der Waals surface area contributed by atoms with Crippen LogP contribution in [0.3, 0.4) is 0 Å². The molecule has 0 aliphatic carbocycles. The molecular formula is C41H82N2. The average molecular weight is 603 g/mol. The molecule has 0 fully saturated rings. The number of hydrogen-bond donors (Lipinski definition) is 0. The summed E-state index contributed by atoms with van der Waals surface area (Å²) in [6.45, 7) is 5.72. The maximum atomic E-state index is 2.64. The van der Waals surface area contributed by atoms with Crippen molar-refractivity contribution in [1.29, 1.82) is 0 Å². The summed E-state index contributed by atoms with van der Waals surface area (Å²) in [6.07, 6.45) is 54.2. The van der Waals surface area contributed by atoms with Crippen molar-refractivity contribution in [3.8, 4) is 0 Å². The van der Waals surface area contributed by atoms with Crippen LogP contribution in [0.5, 0.6) is 0 Å². The Balaban J connectivity index is 1.94. The predicted octanol–water partition coefficient (Wildman–Crippen LogP) is 14.3. The van der Waals surface area contributed by atoms with Crippen LogP contribution in [-0.4, -0.2) is 29.6 Å². The van der Waals surface area contributed by atoms with Crippen LogP contribution in [0.1, 0.15) is 232 Å². The second-order valence-electron chi connectivity index (χ2n) is 14.5. The van der Waals surface area contributed by atoms with Crippen molar-refractivity contribution in [2.24, 2.45) is 0 Å². The maximum absolute atomic E-state index is 2.64. The Kier molecular flexibility index (Phi) is 30.7. The molecule has 0 aromatic rings. The van der Waals surface area contributed by atoms with Gasteiger partial charge in [0, 0.05) is 25.5 Å². The highest BCUT2D eigenvalue weighted by Gasteiger charge is 2.19. The van der Waals surface area contributed by atoms with E-state index in [0.717, 1.165) is 12.7 Å². The second kappa shape index (κ2) is 32.7. The first kappa shape index (κ1) is 40.4. The molecule has 0 unspecified atom stereocenters. The van der Waals surface area contributed by atoms with E-state index in [-0.39, 0.29) is 0 Å². The molecule has 1 heterocycles. The van der Waals surface area contributed by atoms with Crippen molar-refractivity contribution in [3.63, 3.8) is 0 Å². The Morgan fingerprint density at radius 3 is 0.860 bits per heavy atom. The van der Waals surface area contributed by atoms with E-state index in [2.05, 4.69) is 43.1 Å². The minimum absolute atomic E-state index is 0.763. The van der Waals surface area contributed by atoms with Crippen molar-refractivity contribution >= 4 is 0 Å². The lowest BCUT2D eigenvalue weighted by Crippen LogP contribution is -2.33. The summed E-state index contributed by atoms with van der Waals surface area (Å²) in [5, 5.41) is 0. The molecule has 1 aliphatic heterocycles. The standard InChI is InChI=1S/C41H82N2/c1-4-6-8-10-12-14-16-18-20-22-24-26-28-30-32-34-36-41(43-39-38-42(3)40-43)37-35-33-31-29-27-25-23-21-19-17-15-13-11-9-7-5-2/h38-39,41H,4-37,40H2,1-3H3. The third-order valence-corrected chi connectivity index (χ3v) is 10.1. The fourth-order valence-electron chi connectivity index (χ4n) is 7.12. The fourth-order valence-corrected chi connectivity index (χ4v) is 7.12. The Labute approximate surface area is 273 Å². The average Bonchev–Trinajstić information content (AvgIpc) is 3.45. The van der Waals surface area contributed by atoms with Crippen LogP contribution in [0.15, 0.2) is 12.4 Å². The molecule has 0 spiro atoms. The number of hydrogen-bond acceptors (Lipinski definition) is 2. The molecule has 0 radical (unpaired) electrons. The van der Waals surface area contributed by atoms with E-state index in [9.17, 15) is 0 Å². The summed E-state index contributed by atoms with van der Waals surface area (Å²) in [7, 11) is 2.22. The van der Waals surface area contributed by atoms with Gasteiger partial charge in [0.15, 0.2) is 0 Å². The van der Waals surface area contributed by atoms with Crippen molar-refractivity contribution in [2.75, 3.05) is 13.7 Å². The van der Waals surface area contributed by atoms with Gasteiger partial charge in [-0.15, -0.1) is 0 Å². The highest BCUT2D eigenvalue weighted by molar-refractivity contribution is 4.92. The van der Waals surface area contributed by atoms with Crippen LogP contribution in [0, 0.1) is 0 Å². The van der Waals surface area contributed by atoms with Gasteiger partial charge >= 0.3 is 0 Å². The third kappa shape index (κ3) is 27.4. The lowest BCUT2D eigenvalue weighted by Gasteiger charge is -2.29. The molecular weight excluding hydrogens is 520 g/mol. The SMILES string of the molecule is CCCCCCCCCCCCCCCCCCC(CCCCCCCCCCCCCCCCCC)N1C=CN(C)C1. The smallest absolute Gasteiger partial charge is 0.0893 e. The maximum Gasteiger partial charge on any atom is 0.0893 e. The number of rotatable bonds is 35. The highest BCUT2D eigenvalue weighted by Crippen LogP contribution is 2.22. The zero-order valence-corrected chi connectivity index (χ0v) is 30.4. The quantitative estimate of drug-likeness (QED) is 0.0666. The summed E-state index contributed by atoms with van der Waals surface area (Å²) in [5.74, 6) is 0. The number of nitrogens with zero attached hydrogens (tertiary/aromatic N) is 2. The van der Waals surface area contributed by atoms with Gasteiger partial charge in [0.05, 0.1) is 6.67 Å². The Morgan fingerprint density at radius 1 is 0.372 bits per heavy atom. The van der Waals surface area contributed by atoms with Gasteiger partial charge in [0.2, 0.25) is 0 Å². The van der Waals surface area contributed by atoms with E-state index in [0.29, 0.717) is 0 Å². The van der Waals surface area contributed by atoms with Gasteiger partial charge in [-0.05, 0) is 12.8 Å². The predicted molar refractivity (Wildman–Crippen MR) is 196 cm³/mol. The van der Waals surface area contributed by atoms with Gasteiger partial charge in [0.25, 0.3) is 0 Å². The molecule has 0 saturated carbocycles. The normalized spacial score (nSPS) is 13.3. The van der Waals surface area contributed by atoms with Crippen LogP contribution < -0.4 is 0 Å². The molecule has 0 atom stereocenters. The highest BCUT2D eigenvalue weighted by atomic mass is 15.3. The molecule has 0 bridgehead atoms. The lowest BCUT2D eigenvalue weighted by molar-refractivity contribution is 0.203. The summed E-state index contributed by atoms with van der Waals surface area (Å²) in [5.41, 5.74) is 0. The zero-order chi connectivity index (χ0) is 30.9. The van der Waals surface area contributed by atoms with E-state index >= 15 is 0 Å². The molecule has 1 rings (SSSR count). The molecule has 256 valence electrons. The Bertz CT molecular complexity index is 522. The zero-order valence-electron chi connectivity index (χ0n) is 30.4.